The third-order valence-electron chi connectivity index (χ3n) is 3.92. The van der Waals surface area contributed by atoms with Crippen LogP contribution in [0.15, 0.2) is 21.9 Å². The molecule has 1 saturated carbocycles. The van der Waals surface area contributed by atoms with Crippen molar-refractivity contribution in [3.05, 3.63) is 28.3 Å². The van der Waals surface area contributed by atoms with Gasteiger partial charge in [0.2, 0.25) is 0 Å². The minimum Gasteiger partial charge on any atom is -0.460 e. The average Bonchev–Trinajstić information content (AvgIpc) is 2.97. The van der Waals surface area contributed by atoms with Crippen LogP contribution in [0.3, 0.4) is 0 Å². The van der Waals surface area contributed by atoms with Crippen molar-refractivity contribution in [1.29, 1.82) is 0 Å². The van der Waals surface area contributed by atoms with Crippen LogP contribution in [-0.4, -0.2) is 4.98 Å². The van der Waals surface area contributed by atoms with Crippen LogP contribution in [0.4, 0.5) is 0 Å². The number of aromatic nitrogens is 1. The predicted molar refractivity (Wildman–Crippen MR) is 78.1 cm³/mol. The quantitative estimate of drug-likeness (QED) is 0.835. The largest absolute Gasteiger partial charge is 0.460 e. The summed E-state index contributed by atoms with van der Waals surface area (Å²) < 4.78 is 5.63. The first-order valence-corrected chi connectivity index (χ1v) is 7.87. The zero-order chi connectivity index (χ0) is 13.3. The molecule has 19 heavy (non-hydrogen) atoms. The Morgan fingerprint density at radius 2 is 1.95 bits per heavy atom. The van der Waals surface area contributed by atoms with Crippen molar-refractivity contribution in [1.82, 2.24) is 4.98 Å². The molecule has 102 valence electrons. The van der Waals surface area contributed by atoms with E-state index in [9.17, 15) is 0 Å². The monoisotopic (exact) mass is 276 g/mol. The molecule has 0 amide bonds. The molecule has 2 aromatic rings. The molecule has 0 aliphatic heterocycles. The van der Waals surface area contributed by atoms with Gasteiger partial charge < -0.3 is 10.2 Å². The van der Waals surface area contributed by atoms with Crippen molar-refractivity contribution in [3.63, 3.8) is 0 Å². The summed E-state index contributed by atoms with van der Waals surface area (Å²) >= 11 is 1.67. The van der Waals surface area contributed by atoms with Crippen molar-refractivity contribution in [2.24, 2.45) is 5.73 Å². The van der Waals surface area contributed by atoms with Crippen molar-refractivity contribution < 1.29 is 4.42 Å². The van der Waals surface area contributed by atoms with Crippen LogP contribution in [-0.2, 0) is 5.54 Å². The summed E-state index contributed by atoms with van der Waals surface area (Å²) in [6.07, 6.45) is 7.13. The fourth-order valence-electron chi connectivity index (χ4n) is 2.76. The van der Waals surface area contributed by atoms with E-state index in [1.54, 1.807) is 11.3 Å². The first-order valence-electron chi connectivity index (χ1n) is 6.99. The van der Waals surface area contributed by atoms with Crippen molar-refractivity contribution >= 4 is 11.3 Å². The highest BCUT2D eigenvalue weighted by Gasteiger charge is 2.31. The van der Waals surface area contributed by atoms with E-state index in [0.717, 1.165) is 35.1 Å². The third kappa shape index (κ3) is 2.60. The lowest BCUT2D eigenvalue weighted by atomic mass is 9.92. The summed E-state index contributed by atoms with van der Waals surface area (Å²) in [6, 6.07) is 3.95. The van der Waals surface area contributed by atoms with Crippen LogP contribution in [0.5, 0.6) is 0 Å². The van der Waals surface area contributed by atoms with Crippen LogP contribution in [0, 0.1) is 6.92 Å². The maximum absolute atomic E-state index is 6.59. The van der Waals surface area contributed by atoms with Gasteiger partial charge in [-0.1, -0.05) is 25.7 Å². The van der Waals surface area contributed by atoms with Crippen molar-refractivity contribution in [3.8, 4) is 11.5 Å². The minimum atomic E-state index is -0.221. The van der Waals surface area contributed by atoms with E-state index in [1.807, 2.05) is 19.1 Å². The van der Waals surface area contributed by atoms with E-state index in [4.69, 9.17) is 15.1 Å². The molecule has 0 aromatic carbocycles. The number of rotatable bonds is 2. The zero-order valence-corrected chi connectivity index (χ0v) is 12.1. The minimum absolute atomic E-state index is 0.221. The molecular formula is C15H20N2OS. The highest BCUT2D eigenvalue weighted by atomic mass is 32.1. The molecule has 4 heteroatoms. The standard InChI is InChI=1S/C15H20N2OS/c1-11-6-7-13(18-11)12-10-19-14(17-12)15(16)8-4-2-3-5-9-15/h6-7,10H,2-5,8-9,16H2,1H3. The molecule has 2 N–H and O–H groups in total. The highest BCUT2D eigenvalue weighted by molar-refractivity contribution is 7.10. The van der Waals surface area contributed by atoms with Gasteiger partial charge in [0.1, 0.15) is 16.5 Å². The molecule has 0 atom stereocenters. The van der Waals surface area contributed by atoms with Gasteiger partial charge in [-0.3, -0.25) is 0 Å². The topological polar surface area (TPSA) is 52.0 Å². The Hall–Kier alpha value is -1.13. The summed E-state index contributed by atoms with van der Waals surface area (Å²) in [7, 11) is 0. The SMILES string of the molecule is Cc1ccc(-c2csc(C3(N)CCCCCC3)n2)o1. The summed E-state index contributed by atoms with van der Waals surface area (Å²) in [4.78, 5) is 4.73. The van der Waals surface area contributed by atoms with Crippen molar-refractivity contribution in [2.45, 2.75) is 51.0 Å². The Morgan fingerprint density at radius 3 is 2.58 bits per heavy atom. The van der Waals surface area contributed by atoms with E-state index in [1.165, 1.54) is 25.7 Å². The lowest BCUT2D eigenvalue weighted by Crippen LogP contribution is -2.35. The lowest BCUT2D eigenvalue weighted by molar-refractivity contribution is 0.384. The molecule has 0 unspecified atom stereocenters. The molecular weight excluding hydrogens is 256 g/mol. The zero-order valence-electron chi connectivity index (χ0n) is 11.3. The summed E-state index contributed by atoms with van der Waals surface area (Å²) in [5.74, 6) is 1.76. The van der Waals surface area contributed by atoms with Gasteiger partial charge in [-0.15, -0.1) is 11.3 Å². The first kappa shape index (κ1) is 12.9. The molecule has 0 saturated heterocycles. The van der Waals surface area contributed by atoms with Crippen LogP contribution in [0.25, 0.3) is 11.5 Å². The third-order valence-corrected chi connectivity index (χ3v) is 4.98. The molecule has 3 nitrogen and oxygen atoms in total. The van der Waals surface area contributed by atoms with E-state index < -0.39 is 0 Å². The molecule has 0 radical (unpaired) electrons. The van der Waals surface area contributed by atoms with Gasteiger partial charge in [0, 0.05) is 5.38 Å². The van der Waals surface area contributed by atoms with E-state index >= 15 is 0 Å². The average molecular weight is 276 g/mol. The molecule has 3 rings (SSSR count). The van der Waals surface area contributed by atoms with E-state index in [-0.39, 0.29) is 5.54 Å². The maximum Gasteiger partial charge on any atom is 0.153 e. The Labute approximate surface area is 117 Å². The fourth-order valence-corrected chi connectivity index (χ4v) is 3.74. The van der Waals surface area contributed by atoms with Crippen LogP contribution in [0.1, 0.15) is 49.3 Å². The van der Waals surface area contributed by atoms with E-state index in [2.05, 4.69) is 5.38 Å². The van der Waals surface area contributed by atoms with Gasteiger partial charge in [0.05, 0.1) is 5.54 Å². The Bertz CT molecular complexity index is 550. The second-order valence-electron chi connectivity index (χ2n) is 5.52. The molecule has 1 fully saturated rings. The number of hydrogen-bond acceptors (Lipinski definition) is 4. The molecule has 1 aliphatic carbocycles. The van der Waals surface area contributed by atoms with E-state index in [0.29, 0.717) is 0 Å². The van der Waals surface area contributed by atoms with Gasteiger partial charge >= 0.3 is 0 Å². The summed E-state index contributed by atoms with van der Waals surface area (Å²) in [5.41, 5.74) is 7.29. The van der Waals surface area contributed by atoms with Crippen molar-refractivity contribution in [2.75, 3.05) is 0 Å². The summed E-state index contributed by atoms with van der Waals surface area (Å²) in [5, 5.41) is 3.13. The Balaban J connectivity index is 1.87. The fraction of sp³-hybridized carbons (Fsp3) is 0.533. The van der Waals surface area contributed by atoms with Crippen LogP contribution < -0.4 is 5.73 Å². The number of furan rings is 1. The molecule has 2 heterocycles. The second kappa shape index (κ2) is 5.10. The van der Waals surface area contributed by atoms with Gasteiger partial charge in [-0.25, -0.2) is 4.98 Å². The number of nitrogens with zero attached hydrogens (tertiary/aromatic N) is 1. The molecule has 1 aliphatic rings. The molecule has 0 spiro atoms. The summed E-state index contributed by atoms with van der Waals surface area (Å²) in [6.45, 7) is 1.95. The smallest absolute Gasteiger partial charge is 0.153 e. The van der Waals surface area contributed by atoms with Crippen LogP contribution in [0.2, 0.25) is 0 Å². The van der Waals surface area contributed by atoms with Gasteiger partial charge in [0.25, 0.3) is 0 Å². The predicted octanol–water partition coefficient (Wildman–Crippen LogP) is 4.22. The van der Waals surface area contributed by atoms with Gasteiger partial charge in [-0.05, 0) is 31.9 Å². The molecule has 2 aromatic heterocycles. The van der Waals surface area contributed by atoms with Crippen LogP contribution >= 0.6 is 11.3 Å². The number of aryl methyl sites for hydroxylation is 1. The Kier molecular flexibility index (Phi) is 3.46. The number of nitrogens with two attached hydrogens (primary N) is 1. The maximum atomic E-state index is 6.59. The second-order valence-corrected chi connectivity index (χ2v) is 6.38. The normalized spacial score (nSPS) is 19.3. The number of hydrogen-bond donors (Lipinski definition) is 1. The highest BCUT2D eigenvalue weighted by Crippen LogP contribution is 2.37. The lowest BCUT2D eigenvalue weighted by Gasteiger charge is -2.25. The van der Waals surface area contributed by atoms with Gasteiger partial charge in [-0.2, -0.15) is 0 Å². The van der Waals surface area contributed by atoms with Gasteiger partial charge in [0.15, 0.2) is 5.76 Å². The Morgan fingerprint density at radius 1 is 1.21 bits per heavy atom. The number of thiazole rings is 1. The first-order chi connectivity index (χ1) is 9.17. The molecule has 0 bridgehead atoms.